The van der Waals surface area contributed by atoms with Crippen molar-refractivity contribution < 1.29 is 0 Å². The molecule has 292 valence electrons. The van der Waals surface area contributed by atoms with Gasteiger partial charge in [0.2, 0.25) is 0 Å². The Labute approximate surface area is 354 Å². The Hall–Kier alpha value is -7.10. The molecule has 0 aliphatic heterocycles. The molecule has 0 radical (unpaired) electrons. The number of hydrogen-bond donors (Lipinski definition) is 0. The molecule has 3 heteroatoms. The highest BCUT2D eigenvalue weighted by Gasteiger charge is 2.30. The molecule has 0 spiro atoms. The first-order chi connectivity index (χ1) is 29.5. The molecule has 0 atom stereocenters. The fourth-order valence-corrected chi connectivity index (χ4v) is 10.8. The van der Waals surface area contributed by atoms with E-state index in [0.717, 1.165) is 11.4 Å². The molecule has 0 N–H and O–H groups in total. The van der Waals surface area contributed by atoms with Gasteiger partial charge in [-0.2, -0.15) is 0 Å². The summed E-state index contributed by atoms with van der Waals surface area (Å²) in [6, 6.07) is 61.8. The number of anilines is 3. The van der Waals surface area contributed by atoms with Gasteiger partial charge in [0.1, 0.15) is 0 Å². The van der Waals surface area contributed by atoms with Crippen molar-refractivity contribution in [3.63, 3.8) is 0 Å². The van der Waals surface area contributed by atoms with Crippen LogP contribution in [0.3, 0.4) is 0 Å². The first-order valence-electron chi connectivity index (χ1n) is 21.7. The molecule has 0 fully saturated rings. The number of aromatic nitrogens is 2. The van der Waals surface area contributed by atoms with Gasteiger partial charge in [0, 0.05) is 59.9 Å². The van der Waals surface area contributed by atoms with Gasteiger partial charge in [0.05, 0.1) is 38.8 Å². The zero-order valence-electron chi connectivity index (χ0n) is 35.4. The highest BCUT2D eigenvalue weighted by Crippen LogP contribution is 2.51. The summed E-state index contributed by atoms with van der Waals surface area (Å²) in [5.41, 5.74) is 13.6. The maximum Gasteiger partial charge on any atom is 0.0783 e. The van der Waals surface area contributed by atoms with E-state index < -0.39 is 0 Å². The molecule has 0 unspecified atom stereocenters. The van der Waals surface area contributed by atoms with Gasteiger partial charge in [-0.15, -0.1) is 0 Å². The van der Waals surface area contributed by atoms with E-state index in [-0.39, 0.29) is 10.8 Å². The molecule has 9 aromatic carbocycles. The average Bonchev–Trinajstić information content (AvgIpc) is 3.98. The number of hydrogen-bond acceptors (Lipinski definition) is 1. The lowest BCUT2D eigenvalue weighted by molar-refractivity contribution is 0.591. The molecular weight excluding hydrogens is 739 g/mol. The molecule has 0 amide bonds. The Bertz CT molecular complexity index is 3890. The van der Waals surface area contributed by atoms with Crippen LogP contribution in [-0.2, 0) is 10.8 Å². The van der Waals surface area contributed by atoms with Crippen molar-refractivity contribution in [2.45, 2.75) is 52.4 Å². The molecule has 0 saturated carbocycles. The predicted octanol–water partition coefficient (Wildman–Crippen LogP) is 16.4. The van der Waals surface area contributed by atoms with Crippen LogP contribution in [0.15, 0.2) is 164 Å². The van der Waals surface area contributed by atoms with E-state index in [1.807, 2.05) is 0 Å². The Kier molecular flexibility index (Phi) is 6.72. The third-order valence-electron chi connectivity index (χ3n) is 13.8. The lowest BCUT2D eigenvalue weighted by Crippen LogP contribution is -2.15. The molecule has 4 aromatic heterocycles. The monoisotopic (exact) mass is 783 g/mol. The summed E-state index contributed by atoms with van der Waals surface area (Å²) in [6.07, 6.45) is 0. The number of nitrogens with zero attached hydrogens (tertiary/aromatic N) is 3. The standard InChI is InChI=1S/C58H45N3/c1-57(2,3)36-28-45-43-32-50-48(52-40-23-15-14-18-35(40)27-44-42-26-25-34-17-13-16-24-41(34)53(42)61(50)56(44)52)33-49(43)60-54(45)46(29-36)47-30-37(58(4,5)6)31-51(55(47)60)59(38-19-9-7-10-20-38)39-21-11-8-12-22-39/h7-33H,1-6H3. The molecule has 0 aliphatic carbocycles. The lowest BCUT2D eigenvalue weighted by atomic mass is 9.84. The van der Waals surface area contributed by atoms with E-state index in [1.54, 1.807) is 0 Å². The molecule has 0 saturated heterocycles. The molecule has 0 aliphatic rings. The van der Waals surface area contributed by atoms with E-state index in [4.69, 9.17) is 0 Å². The van der Waals surface area contributed by atoms with Crippen LogP contribution in [0.2, 0.25) is 0 Å². The molecule has 13 aromatic rings. The third kappa shape index (κ3) is 4.64. The largest absolute Gasteiger partial charge is 0.308 e. The SMILES string of the molecule is CC(C)(C)c1cc(N(c2ccccc2)c2ccccc2)c2c(c1)c1cc(C(C)(C)C)cc3c4cc5c(cc4n2c31)c1c2ccccc2cc2c3ccc4ccccc4c3n5c21. The summed E-state index contributed by atoms with van der Waals surface area (Å²) in [5.74, 6) is 0. The van der Waals surface area contributed by atoms with Crippen LogP contribution < -0.4 is 4.90 Å². The van der Waals surface area contributed by atoms with Gasteiger partial charge in [0.25, 0.3) is 0 Å². The van der Waals surface area contributed by atoms with Gasteiger partial charge in [-0.3, -0.25) is 0 Å². The van der Waals surface area contributed by atoms with Crippen molar-refractivity contribution in [1.82, 2.24) is 8.80 Å². The molecule has 0 bridgehead atoms. The van der Waals surface area contributed by atoms with Crippen molar-refractivity contribution in [2.24, 2.45) is 0 Å². The first-order valence-corrected chi connectivity index (χ1v) is 21.7. The van der Waals surface area contributed by atoms with Crippen molar-refractivity contribution in [3.05, 3.63) is 175 Å². The first kappa shape index (κ1) is 34.7. The predicted molar refractivity (Wildman–Crippen MR) is 263 cm³/mol. The maximum atomic E-state index is 2.63. The number of para-hydroxylation sites is 2. The summed E-state index contributed by atoms with van der Waals surface area (Å²) in [4.78, 5) is 2.48. The van der Waals surface area contributed by atoms with Gasteiger partial charge in [-0.1, -0.05) is 139 Å². The third-order valence-corrected chi connectivity index (χ3v) is 13.8. The minimum absolute atomic E-state index is 0.0555. The summed E-state index contributed by atoms with van der Waals surface area (Å²) in [7, 11) is 0. The van der Waals surface area contributed by atoms with Gasteiger partial charge in [-0.05, 0) is 105 Å². The van der Waals surface area contributed by atoms with Crippen LogP contribution in [-0.4, -0.2) is 8.80 Å². The maximum absolute atomic E-state index is 2.63. The van der Waals surface area contributed by atoms with Crippen molar-refractivity contribution in [3.8, 4) is 0 Å². The van der Waals surface area contributed by atoms with Crippen LogP contribution in [0, 0.1) is 0 Å². The summed E-state index contributed by atoms with van der Waals surface area (Å²) in [6.45, 7) is 14.1. The van der Waals surface area contributed by atoms with Crippen molar-refractivity contribution in [2.75, 3.05) is 4.90 Å². The second kappa shape index (κ2) is 11.8. The van der Waals surface area contributed by atoms with E-state index in [2.05, 4.69) is 219 Å². The van der Waals surface area contributed by atoms with Gasteiger partial charge in [-0.25, -0.2) is 0 Å². The van der Waals surface area contributed by atoms with E-state index in [1.165, 1.54) is 115 Å². The second-order valence-corrected chi connectivity index (χ2v) is 19.4. The zero-order valence-corrected chi connectivity index (χ0v) is 35.4. The van der Waals surface area contributed by atoms with Crippen LogP contribution in [0.5, 0.6) is 0 Å². The minimum atomic E-state index is -0.0795. The normalized spacial score (nSPS) is 13.1. The summed E-state index contributed by atoms with van der Waals surface area (Å²) in [5, 5.41) is 15.6. The zero-order chi connectivity index (χ0) is 41.1. The van der Waals surface area contributed by atoms with Gasteiger partial charge in [0.15, 0.2) is 0 Å². The molecule has 13 rings (SSSR count). The van der Waals surface area contributed by atoms with Gasteiger partial charge < -0.3 is 13.7 Å². The smallest absolute Gasteiger partial charge is 0.0783 e. The minimum Gasteiger partial charge on any atom is -0.308 e. The Morgan fingerprint density at radius 1 is 0.344 bits per heavy atom. The fourth-order valence-electron chi connectivity index (χ4n) is 10.8. The number of fused-ring (bicyclic) bond motifs is 16. The lowest BCUT2D eigenvalue weighted by Gasteiger charge is -2.29. The Balaban J connectivity index is 1.29. The molecule has 4 heterocycles. The number of rotatable bonds is 3. The van der Waals surface area contributed by atoms with Gasteiger partial charge >= 0.3 is 0 Å². The van der Waals surface area contributed by atoms with E-state index in [9.17, 15) is 0 Å². The van der Waals surface area contributed by atoms with Crippen molar-refractivity contribution in [1.29, 1.82) is 0 Å². The Morgan fingerprint density at radius 2 is 0.836 bits per heavy atom. The second-order valence-electron chi connectivity index (χ2n) is 19.4. The van der Waals surface area contributed by atoms with E-state index in [0.29, 0.717) is 0 Å². The van der Waals surface area contributed by atoms with Crippen LogP contribution in [0.4, 0.5) is 17.1 Å². The fraction of sp³-hybridized carbons (Fsp3) is 0.138. The van der Waals surface area contributed by atoms with E-state index >= 15 is 0 Å². The van der Waals surface area contributed by atoms with Crippen LogP contribution >= 0.6 is 0 Å². The highest BCUT2D eigenvalue weighted by atomic mass is 15.2. The molecular formula is C58H45N3. The summed E-state index contributed by atoms with van der Waals surface area (Å²) < 4.78 is 5.24. The molecule has 61 heavy (non-hydrogen) atoms. The molecule has 3 nitrogen and oxygen atoms in total. The van der Waals surface area contributed by atoms with Crippen molar-refractivity contribution >= 4 is 115 Å². The van der Waals surface area contributed by atoms with Crippen LogP contribution in [0.1, 0.15) is 52.7 Å². The quantitative estimate of drug-likeness (QED) is 0.174. The highest BCUT2D eigenvalue weighted by molar-refractivity contribution is 6.35. The number of benzene rings is 9. The average molecular weight is 784 g/mol. The Morgan fingerprint density at radius 3 is 1.51 bits per heavy atom. The topological polar surface area (TPSA) is 12.1 Å². The van der Waals surface area contributed by atoms with Crippen LogP contribution in [0.25, 0.3) is 97.7 Å². The summed E-state index contributed by atoms with van der Waals surface area (Å²) >= 11 is 0.